The lowest BCUT2D eigenvalue weighted by Crippen LogP contribution is -2.43. The molecule has 0 aliphatic heterocycles. The number of benzene rings is 1. The predicted molar refractivity (Wildman–Crippen MR) is 87.4 cm³/mol. The second kappa shape index (κ2) is 5.37. The van der Waals surface area contributed by atoms with Crippen LogP contribution in [0.2, 0.25) is 0 Å². The molecule has 1 aromatic carbocycles. The third-order valence-corrected chi connectivity index (χ3v) is 4.56. The summed E-state index contributed by atoms with van der Waals surface area (Å²) in [5.41, 5.74) is 7.31. The molecule has 1 saturated carbocycles. The molecule has 2 aromatic rings. The van der Waals surface area contributed by atoms with E-state index in [1.54, 1.807) is 0 Å². The van der Waals surface area contributed by atoms with E-state index < -0.39 is 11.3 Å². The topological polar surface area (TPSA) is 101 Å². The van der Waals surface area contributed by atoms with Gasteiger partial charge < -0.3 is 16.0 Å². The summed E-state index contributed by atoms with van der Waals surface area (Å²) in [4.78, 5) is 31.9. The van der Waals surface area contributed by atoms with Crippen LogP contribution in [0.3, 0.4) is 0 Å². The highest BCUT2D eigenvalue weighted by Crippen LogP contribution is 2.46. The molecule has 4 N–H and O–H groups in total. The second-order valence-electron chi connectivity index (χ2n) is 6.78. The fourth-order valence-corrected chi connectivity index (χ4v) is 2.83. The number of primary amides is 1. The molecule has 3 rings (SSSR count). The maximum Gasteiger partial charge on any atom is 0.236 e. The number of hydrogen-bond donors (Lipinski definition) is 3. The van der Waals surface area contributed by atoms with Crippen LogP contribution in [0.25, 0.3) is 11.0 Å². The number of aromatic nitrogens is 2. The summed E-state index contributed by atoms with van der Waals surface area (Å²) in [6.45, 7) is 6.03. The van der Waals surface area contributed by atoms with Gasteiger partial charge in [0.05, 0.1) is 17.1 Å². The molecule has 1 fully saturated rings. The Hall–Kier alpha value is -2.37. The summed E-state index contributed by atoms with van der Waals surface area (Å²) < 4.78 is 0. The van der Waals surface area contributed by atoms with Crippen LogP contribution in [0.4, 0.5) is 0 Å². The van der Waals surface area contributed by atoms with Gasteiger partial charge in [0.15, 0.2) is 0 Å². The van der Waals surface area contributed by atoms with Crippen molar-refractivity contribution in [2.75, 3.05) is 0 Å². The summed E-state index contributed by atoms with van der Waals surface area (Å²) >= 11 is 0. The summed E-state index contributed by atoms with van der Waals surface area (Å²) in [5, 5.41) is 2.96. The number of aryl methyl sites for hydroxylation is 1. The zero-order chi connectivity index (χ0) is 16.8. The Labute approximate surface area is 134 Å². The van der Waals surface area contributed by atoms with Crippen molar-refractivity contribution < 1.29 is 9.59 Å². The largest absolute Gasteiger partial charge is 0.369 e. The first kappa shape index (κ1) is 15.5. The molecule has 1 aromatic heterocycles. The molecule has 0 radical (unpaired) electrons. The minimum Gasteiger partial charge on any atom is -0.369 e. The van der Waals surface area contributed by atoms with Crippen LogP contribution < -0.4 is 11.1 Å². The number of carbonyl (C=O) groups is 2. The number of amides is 2. The maximum atomic E-state index is 12.5. The van der Waals surface area contributed by atoms with E-state index >= 15 is 0 Å². The van der Waals surface area contributed by atoms with Gasteiger partial charge in [0.2, 0.25) is 11.8 Å². The molecule has 0 bridgehead atoms. The highest BCUT2D eigenvalue weighted by Gasteiger charge is 2.55. The molecule has 1 atom stereocenters. The van der Waals surface area contributed by atoms with Crippen molar-refractivity contribution >= 4 is 22.8 Å². The Morgan fingerprint density at radius 2 is 2.04 bits per heavy atom. The highest BCUT2D eigenvalue weighted by atomic mass is 16.2. The van der Waals surface area contributed by atoms with E-state index in [0.717, 1.165) is 16.6 Å². The molecule has 1 aliphatic rings. The van der Waals surface area contributed by atoms with Crippen LogP contribution in [0.1, 0.15) is 44.1 Å². The molecule has 1 heterocycles. The lowest BCUT2D eigenvalue weighted by atomic mass is 10.00. The third-order valence-electron chi connectivity index (χ3n) is 4.56. The smallest absolute Gasteiger partial charge is 0.236 e. The molecule has 122 valence electrons. The predicted octanol–water partition coefficient (Wildman–Crippen LogP) is 1.95. The average Bonchev–Trinajstić information content (AvgIpc) is 3.19. The molecular formula is C17H22N4O2. The number of imidazole rings is 1. The van der Waals surface area contributed by atoms with E-state index in [4.69, 9.17) is 5.73 Å². The summed E-state index contributed by atoms with van der Waals surface area (Å²) in [5.74, 6) is -0.00317. The van der Waals surface area contributed by atoms with E-state index in [9.17, 15) is 9.59 Å². The van der Waals surface area contributed by atoms with Crippen molar-refractivity contribution in [1.29, 1.82) is 0 Å². The number of H-pyrrole nitrogens is 1. The second-order valence-corrected chi connectivity index (χ2v) is 6.78. The van der Waals surface area contributed by atoms with Gasteiger partial charge in [-0.1, -0.05) is 19.9 Å². The Bertz CT molecular complexity index is 774. The van der Waals surface area contributed by atoms with E-state index in [0.29, 0.717) is 18.7 Å². The zero-order valence-corrected chi connectivity index (χ0v) is 13.6. The van der Waals surface area contributed by atoms with Crippen molar-refractivity contribution in [3.05, 3.63) is 29.6 Å². The van der Waals surface area contributed by atoms with Crippen LogP contribution >= 0.6 is 0 Å². The number of carbonyl (C=O) groups excluding carboxylic acids is 2. The summed E-state index contributed by atoms with van der Waals surface area (Å²) in [7, 11) is 0. The van der Waals surface area contributed by atoms with Crippen LogP contribution in [0.5, 0.6) is 0 Å². The molecule has 0 unspecified atom stereocenters. The number of nitrogens with zero attached hydrogens (tertiary/aromatic N) is 1. The Kier molecular flexibility index (Phi) is 3.62. The average molecular weight is 314 g/mol. The van der Waals surface area contributed by atoms with E-state index in [-0.39, 0.29) is 17.9 Å². The lowest BCUT2D eigenvalue weighted by molar-refractivity contribution is -0.136. The van der Waals surface area contributed by atoms with Gasteiger partial charge in [0.1, 0.15) is 11.2 Å². The van der Waals surface area contributed by atoms with Crippen molar-refractivity contribution in [3.8, 4) is 0 Å². The van der Waals surface area contributed by atoms with E-state index in [1.807, 2.05) is 39.0 Å². The van der Waals surface area contributed by atoms with Crippen LogP contribution in [0.15, 0.2) is 18.2 Å². The molecule has 6 nitrogen and oxygen atoms in total. The van der Waals surface area contributed by atoms with Crippen molar-refractivity contribution in [1.82, 2.24) is 15.3 Å². The molecule has 2 amide bonds. The van der Waals surface area contributed by atoms with Gasteiger partial charge >= 0.3 is 0 Å². The maximum absolute atomic E-state index is 12.5. The Morgan fingerprint density at radius 1 is 1.35 bits per heavy atom. The number of rotatable bonds is 5. The van der Waals surface area contributed by atoms with Gasteiger partial charge in [-0.05, 0) is 43.4 Å². The van der Waals surface area contributed by atoms with Gasteiger partial charge in [0.25, 0.3) is 0 Å². The first-order chi connectivity index (χ1) is 10.8. The first-order valence-electron chi connectivity index (χ1n) is 7.90. The van der Waals surface area contributed by atoms with Crippen LogP contribution in [-0.2, 0) is 9.59 Å². The minimum absolute atomic E-state index is 0.129. The fraction of sp³-hybridized carbons (Fsp3) is 0.471. The normalized spacial score (nSPS) is 17.2. The van der Waals surface area contributed by atoms with Gasteiger partial charge in [-0.15, -0.1) is 0 Å². The van der Waals surface area contributed by atoms with Gasteiger partial charge in [-0.2, -0.15) is 0 Å². The quantitative estimate of drug-likeness (QED) is 0.735. The minimum atomic E-state index is -1.02. The molecule has 0 spiro atoms. The highest BCUT2D eigenvalue weighted by molar-refractivity contribution is 6.07. The van der Waals surface area contributed by atoms with Crippen LogP contribution in [0, 0.1) is 18.3 Å². The monoisotopic (exact) mass is 314 g/mol. The molecule has 1 aliphatic carbocycles. The number of hydrogen-bond acceptors (Lipinski definition) is 3. The number of nitrogens with two attached hydrogens (primary N) is 1. The molecular weight excluding hydrogens is 292 g/mol. The van der Waals surface area contributed by atoms with Crippen molar-refractivity contribution in [3.63, 3.8) is 0 Å². The van der Waals surface area contributed by atoms with Crippen LogP contribution in [-0.4, -0.2) is 21.8 Å². The summed E-state index contributed by atoms with van der Waals surface area (Å²) in [6, 6.07) is 5.70. The van der Waals surface area contributed by atoms with Crippen molar-refractivity contribution in [2.24, 2.45) is 17.1 Å². The molecule has 23 heavy (non-hydrogen) atoms. The lowest BCUT2D eigenvalue weighted by Gasteiger charge is -2.22. The van der Waals surface area contributed by atoms with Crippen molar-refractivity contribution in [2.45, 2.75) is 39.7 Å². The SMILES string of the molecule is Cc1ccc2nc([C@H](NC(=O)C3(C(N)=O)CC3)C(C)C)[nH]c2c1. The molecule has 0 saturated heterocycles. The zero-order valence-electron chi connectivity index (χ0n) is 13.6. The number of nitrogens with one attached hydrogen (secondary N) is 2. The Balaban J connectivity index is 1.89. The molecule has 6 heteroatoms. The number of aromatic amines is 1. The van der Waals surface area contributed by atoms with E-state index in [1.165, 1.54) is 0 Å². The van der Waals surface area contributed by atoms with Gasteiger partial charge in [0, 0.05) is 0 Å². The standard InChI is InChI=1S/C17H22N4O2/c1-9(2)13(21-16(23)17(6-7-17)15(18)22)14-19-11-5-4-10(3)8-12(11)20-14/h4-5,8-9,13H,6-7H2,1-3H3,(H2,18,22)(H,19,20)(H,21,23)/t13-/m1/s1. The summed E-state index contributed by atoms with van der Waals surface area (Å²) in [6.07, 6.45) is 1.05. The third kappa shape index (κ3) is 2.69. The van der Waals surface area contributed by atoms with Gasteiger partial charge in [-0.3, -0.25) is 9.59 Å². The fourth-order valence-electron chi connectivity index (χ4n) is 2.83. The first-order valence-corrected chi connectivity index (χ1v) is 7.90. The number of fused-ring (bicyclic) bond motifs is 1. The Morgan fingerprint density at radius 3 is 2.61 bits per heavy atom. The van der Waals surface area contributed by atoms with E-state index in [2.05, 4.69) is 15.3 Å². The van der Waals surface area contributed by atoms with Gasteiger partial charge in [-0.25, -0.2) is 4.98 Å².